The number of carbonyl (C=O) groups is 1. The summed E-state index contributed by atoms with van der Waals surface area (Å²) in [5, 5.41) is 2.81. The van der Waals surface area contributed by atoms with E-state index in [0.717, 1.165) is 17.4 Å². The maximum Gasteiger partial charge on any atom is 0.267 e. The number of benzene rings is 2. The van der Waals surface area contributed by atoms with E-state index in [-0.39, 0.29) is 12.0 Å². The highest BCUT2D eigenvalue weighted by Crippen LogP contribution is 2.38. The SMILES string of the molecule is COCc1cccc(NC(=O)[C@@H]2CN(S(C)(=O)=O)c3cc(C(C)(C)C)ccc3O2)c1. The summed E-state index contributed by atoms with van der Waals surface area (Å²) in [6, 6.07) is 12.7. The summed E-state index contributed by atoms with van der Waals surface area (Å²) in [5.41, 5.74) is 2.79. The molecule has 0 saturated heterocycles. The lowest BCUT2D eigenvalue weighted by atomic mass is 9.86. The van der Waals surface area contributed by atoms with E-state index in [4.69, 9.17) is 9.47 Å². The molecule has 1 amide bonds. The minimum atomic E-state index is -3.60. The molecule has 7 nitrogen and oxygen atoms in total. The van der Waals surface area contributed by atoms with Crippen molar-refractivity contribution in [3.8, 4) is 5.75 Å². The number of sulfonamides is 1. The highest BCUT2D eigenvalue weighted by Gasteiger charge is 2.36. The van der Waals surface area contributed by atoms with Crippen LogP contribution in [0.5, 0.6) is 5.75 Å². The first-order valence-electron chi connectivity index (χ1n) is 9.66. The fraction of sp³-hybridized carbons (Fsp3) is 0.409. The van der Waals surface area contributed by atoms with Gasteiger partial charge in [0.05, 0.1) is 25.1 Å². The number of nitrogens with one attached hydrogen (secondary N) is 1. The molecule has 0 fully saturated rings. The highest BCUT2D eigenvalue weighted by molar-refractivity contribution is 7.92. The number of rotatable bonds is 5. The normalized spacial score (nSPS) is 16.6. The molecule has 1 heterocycles. The largest absolute Gasteiger partial charge is 0.476 e. The van der Waals surface area contributed by atoms with Crippen LogP contribution in [0.15, 0.2) is 42.5 Å². The Morgan fingerprint density at radius 2 is 1.97 bits per heavy atom. The zero-order valence-electron chi connectivity index (χ0n) is 17.9. The molecule has 0 spiro atoms. The van der Waals surface area contributed by atoms with Gasteiger partial charge in [-0.25, -0.2) is 8.42 Å². The van der Waals surface area contributed by atoms with Crippen LogP contribution >= 0.6 is 0 Å². The molecule has 1 aliphatic heterocycles. The monoisotopic (exact) mass is 432 g/mol. The van der Waals surface area contributed by atoms with Crippen molar-refractivity contribution in [2.45, 2.75) is 38.9 Å². The Bertz CT molecular complexity index is 1040. The van der Waals surface area contributed by atoms with E-state index < -0.39 is 22.0 Å². The van der Waals surface area contributed by atoms with Crippen molar-refractivity contribution in [2.75, 3.05) is 29.5 Å². The Hall–Kier alpha value is -2.58. The lowest BCUT2D eigenvalue weighted by Gasteiger charge is -2.35. The van der Waals surface area contributed by atoms with Crippen molar-refractivity contribution in [1.29, 1.82) is 0 Å². The zero-order valence-corrected chi connectivity index (χ0v) is 18.7. The first-order valence-corrected chi connectivity index (χ1v) is 11.5. The van der Waals surface area contributed by atoms with Crippen molar-refractivity contribution in [3.05, 3.63) is 53.6 Å². The second-order valence-corrected chi connectivity index (χ2v) is 10.4. The summed E-state index contributed by atoms with van der Waals surface area (Å²) in [5.74, 6) is -0.0447. The van der Waals surface area contributed by atoms with Crippen LogP contribution in [0.25, 0.3) is 0 Å². The van der Waals surface area contributed by atoms with Crippen LogP contribution in [0.1, 0.15) is 31.9 Å². The minimum Gasteiger partial charge on any atom is -0.476 e. The quantitative estimate of drug-likeness (QED) is 0.784. The molecule has 1 N–H and O–H groups in total. The van der Waals surface area contributed by atoms with Gasteiger partial charge in [-0.3, -0.25) is 9.10 Å². The van der Waals surface area contributed by atoms with Crippen molar-refractivity contribution in [3.63, 3.8) is 0 Å². The Balaban J connectivity index is 1.88. The Morgan fingerprint density at radius 1 is 1.23 bits per heavy atom. The van der Waals surface area contributed by atoms with Gasteiger partial charge in [0.2, 0.25) is 10.0 Å². The molecule has 0 radical (unpaired) electrons. The average Bonchev–Trinajstić information content (AvgIpc) is 2.65. The minimum absolute atomic E-state index is 0.0942. The molecule has 2 aromatic rings. The molecule has 1 atom stereocenters. The molecule has 2 aromatic carbocycles. The van der Waals surface area contributed by atoms with Crippen LogP contribution in [0.4, 0.5) is 11.4 Å². The van der Waals surface area contributed by atoms with Crippen LogP contribution in [0, 0.1) is 0 Å². The van der Waals surface area contributed by atoms with Gasteiger partial charge >= 0.3 is 0 Å². The van der Waals surface area contributed by atoms with Gasteiger partial charge in [0, 0.05) is 12.8 Å². The maximum absolute atomic E-state index is 12.9. The fourth-order valence-electron chi connectivity index (χ4n) is 3.30. The fourth-order valence-corrected chi connectivity index (χ4v) is 4.20. The summed E-state index contributed by atoms with van der Waals surface area (Å²) < 4.78 is 37.2. The van der Waals surface area contributed by atoms with E-state index in [9.17, 15) is 13.2 Å². The molecular weight excluding hydrogens is 404 g/mol. The summed E-state index contributed by atoms with van der Waals surface area (Å²) >= 11 is 0. The summed E-state index contributed by atoms with van der Waals surface area (Å²) in [6.45, 7) is 6.49. The van der Waals surface area contributed by atoms with Crippen LogP contribution in [-0.4, -0.2) is 40.3 Å². The second kappa shape index (κ2) is 8.28. The number of carbonyl (C=O) groups excluding carboxylic acids is 1. The smallest absolute Gasteiger partial charge is 0.267 e. The Morgan fingerprint density at radius 3 is 2.60 bits per heavy atom. The van der Waals surface area contributed by atoms with E-state index in [1.54, 1.807) is 19.2 Å². The first-order chi connectivity index (χ1) is 14.0. The third-order valence-corrected chi connectivity index (χ3v) is 6.04. The Kier molecular flexibility index (Phi) is 6.10. The molecular formula is C22H28N2O5S. The molecule has 0 aliphatic carbocycles. The molecule has 0 bridgehead atoms. The molecule has 1 aliphatic rings. The molecule has 162 valence electrons. The van der Waals surface area contributed by atoms with Gasteiger partial charge < -0.3 is 14.8 Å². The molecule has 0 unspecified atom stereocenters. The third kappa shape index (κ3) is 4.94. The van der Waals surface area contributed by atoms with Crippen LogP contribution in [0.2, 0.25) is 0 Å². The average molecular weight is 433 g/mol. The number of methoxy groups -OCH3 is 1. The van der Waals surface area contributed by atoms with Crippen molar-refractivity contribution < 1.29 is 22.7 Å². The van der Waals surface area contributed by atoms with Gasteiger partial charge in [0.15, 0.2) is 6.10 Å². The number of amides is 1. The lowest BCUT2D eigenvalue weighted by Crippen LogP contribution is -2.48. The molecule has 30 heavy (non-hydrogen) atoms. The van der Waals surface area contributed by atoms with Crippen LogP contribution in [0.3, 0.4) is 0 Å². The number of hydrogen-bond acceptors (Lipinski definition) is 5. The summed E-state index contributed by atoms with van der Waals surface area (Å²) in [4.78, 5) is 12.9. The van der Waals surface area contributed by atoms with Gasteiger partial charge in [-0.1, -0.05) is 39.0 Å². The predicted octanol–water partition coefficient (Wildman–Crippen LogP) is 3.30. The number of anilines is 2. The zero-order chi connectivity index (χ0) is 22.1. The van der Waals surface area contributed by atoms with Crippen molar-refractivity contribution in [2.24, 2.45) is 0 Å². The van der Waals surface area contributed by atoms with Crippen LogP contribution in [-0.2, 0) is 31.6 Å². The van der Waals surface area contributed by atoms with Gasteiger partial charge in [-0.05, 0) is 40.8 Å². The van der Waals surface area contributed by atoms with E-state index in [0.29, 0.717) is 23.7 Å². The summed E-state index contributed by atoms with van der Waals surface area (Å²) in [7, 11) is -2.00. The molecule has 0 aromatic heterocycles. The van der Waals surface area contributed by atoms with Crippen molar-refractivity contribution >= 4 is 27.3 Å². The van der Waals surface area contributed by atoms with E-state index >= 15 is 0 Å². The van der Waals surface area contributed by atoms with Crippen molar-refractivity contribution in [1.82, 2.24) is 0 Å². The number of nitrogens with zero attached hydrogens (tertiary/aromatic N) is 1. The van der Waals surface area contributed by atoms with E-state index in [1.807, 2.05) is 30.3 Å². The number of ether oxygens (including phenoxy) is 2. The summed E-state index contributed by atoms with van der Waals surface area (Å²) in [6.07, 6.45) is 0.161. The molecule has 8 heteroatoms. The van der Waals surface area contributed by atoms with E-state index in [2.05, 4.69) is 26.1 Å². The standard InChI is InChI=1S/C22H28N2O5S/c1-22(2,3)16-9-10-19-18(12-16)24(30(5,26)27)13-20(29-19)21(25)23-17-8-6-7-15(11-17)14-28-4/h6-12,20H,13-14H2,1-5H3,(H,23,25)/t20-/m0/s1. The van der Waals surface area contributed by atoms with Gasteiger partial charge in [-0.15, -0.1) is 0 Å². The maximum atomic E-state index is 12.9. The van der Waals surface area contributed by atoms with Gasteiger partial charge in [-0.2, -0.15) is 0 Å². The topological polar surface area (TPSA) is 84.9 Å². The molecule has 3 rings (SSSR count). The Labute approximate surface area is 178 Å². The first kappa shape index (κ1) is 22.1. The second-order valence-electron chi connectivity index (χ2n) is 8.46. The van der Waals surface area contributed by atoms with E-state index in [1.165, 1.54) is 4.31 Å². The lowest BCUT2D eigenvalue weighted by molar-refractivity contribution is -0.122. The molecule has 0 saturated carbocycles. The van der Waals surface area contributed by atoms with Gasteiger partial charge in [0.1, 0.15) is 5.75 Å². The van der Waals surface area contributed by atoms with Crippen LogP contribution < -0.4 is 14.4 Å². The number of fused-ring (bicyclic) bond motifs is 1. The van der Waals surface area contributed by atoms with Gasteiger partial charge in [0.25, 0.3) is 5.91 Å². The number of hydrogen-bond donors (Lipinski definition) is 1. The predicted molar refractivity (Wildman–Crippen MR) is 118 cm³/mol. The third-order valence-electron chi connectivity index (χ3n) is 4.89. The highest BCUT2D eigenvalue weighted by atomic mass is 32.2.